The van der Waals surface area contributed by atoms with E-state index in [4.69, 9.17) is 5.11 Å². The van der Waals surface area contributed by atoms with E-state index in [1.165, 1.54) is 38.5 Å². The van der Waals surface area contributed by atoms with Crippen molar-refractivity contribution in [1.29, 1.82) is 0 Å². The number of aliphatic hydroxyl groups excluding tert-OH is 1. The zero-order valence-electron chi connectivity index (χ0n) is 11.2. The monoisotopic (exact) mass is 227 g/mol. The predicted molar refractivity (Wildman–Crippen MR) is 69.5 cm³/mol. The van der Waals surface area contributed by atoms with Gasteiger partial charge in [-0.15, -0.1) is 0 Å². The van der Waals surface area contributed by atoms with Gasteiger partial charge < -0.3 is 10.4 Å². The molecule has 1 aliphatic rings. The van der Waals surface area contributed by atoms with Crippen LogP contribution in [0.3, 0.4) is 0 Å². The Balaban J connectivity index is 2.11. The highest BCUT2D eigenvalue weighted by Gasteiger charge is 2.17. The summed E-state index contributed by atoms with van der Waals surface area (Å²) in [7, 11) is 0. The van der Waals surface area contributed by atoms with Crippen molar-refractivity contribution in [3.05, 3.63) is 0 Å². The highest BCUT2D eigenvalue weighted by Crippen LogP contribution is 2.28. The number of hydrogen-bond acceptors (Lipinski definition) is 2. The third-order valence-electron chi connectivity index (χ3n) is 4.17. The van der Waals surface area contributed by atoms with Gasteiger partial charge in [-0.05, 0) is 38.5 Å². The summed E-state index contributed by atoms with van der Waals surface area (Å²) in [6.07, 6.45) is 8.47. The summed E-state index contributed by atoms with van der Waals surface area (Å²) in [6.45, 7) is 6.83. The van der Waals surface area contributed by atoms with Gasteiger partial charge in [0.2, 0.25) is 0 Å². The predicted octanol–water partition coefficient (Wildman–Crippen LogP) is 2.95. The van der Waals surface area contributed by atoms with Gasteiger partial charge in [0.05, 0.1) is 0 Å². The van der Waals surface area contributed by atoms with Gasteiger partial charge in [0.1, 0.15) is 0 Å². The maximum atomic E-state index is 9.08. The minimum absolute atomic E-state index is 0.281. The van der Waals surface area contributed by atoms with Gasteiger partial charge in [-0.2, -0.15) is 0 Å². The number of aliphatic hydroxyl groups is 1. The van der Waals surface area contributed by atoms with Gasteiger partial charge in [0.15, 0.2) is 0 Å². The Kier molecular flexibility index (Phi) is 6.37. The highest BCUT2D eigenvalue weighted by molar-refractivity contribution is 4.74. The maximum absolute atomic E-state index is 9.08. The van der Waals surface area contributed by atoms with Crippen LogP contribution < -0.4 is 5.32 Å². The molecule has 3 unspecified atom stereocenters. The lowest BCUT2D eigenvalue weighted by Crippen LogP contribution is -2.39. The molecule has 0 radical (unpaired) electrons. The van der Waals surface area contributed by atoms with E-state index in [0.29, 0.717) is 18.0 Å². The Labute approximate surface area is 101 Å². The average Bonchev–Trinajstić information content (AvgIpc) is 2.78. The molecule has 3 atom stereocenters. The van der Waals surface area contributed by atoms with Crippen LogP contribution in [0.15, 0.2) is 0 Å². The smallest absolute Gasteiger partial charge is 0.0471 e. The van der Waals surface area contributed by atoms with Crippen LogP contribution in [0.5, 0.6) is 0 Å². The first-order valence-electron chi connectivity index (χ1n) is 7.00. The molecule has 0 aromatic carbocycles. The first-order valence-corrected chi connectivity index (χ1v) is 7.00. The van der Waals surface area contributed by atoms with Crippen LogP contribution in [0.2, 0.25) is 0 Å². The minimum atomic E-state index is 0.281. The number of nitrogens with one attached hydrogen (secondary N) is 1. The highest BCUT2D eigenvalue weighted by atomic mass is 16.3. The molecule has 2 nitrogen and oxygen atoms in total. The Bertz CT molecular complexity index is 178. The molecule has 1 fully saturated rings. The zero-order valence-corrected chi connectivity index (χ0v) is 11.2. The normalized spacial score (nSPS) is 23.2. The van der Waals surface area contributed by atoms with E-state index >= 15 is 0 Å². The van der Waals surface area contributed by atoms with E-state index in [1.54, 1.807) is 0 Å². The first kappa shape index (κ1) is 14.0. The van der Waals surface area contributed by atoms with Crippen molar-refractivity contribution in [1.82, 2.24) is 5.32 Å². The van der Waals surface area contributed by atoms with Crippen molar-refractivity contribution in [3.8, 4) is 0 Å². The fraction of sp³-hybridized carbons (Fsp3) is 1.00. The summed E-state index contributed by atoms with van der Waals surface area (Å²) >= 11 is 0. The zero-order chi connectivity index (χ0) is 12.0. The number of rotatable bonds is 7. The summed E-state index contributed by atoms with van der Waals surface area (Å²) in [5.74, 6) is 1.35. The molecule has 0 amide bonds. The van der Waals surface area contributed by atoms with Crippen molar-refractivity contribution in [2.24, 2.45) is 11.8 Å². The molecule has 1 aliphatic carbocycles. The topological polar surface area (TPSA) is 32.3 Å². The van der Waals surface area contributed by atoms with Crippen molar-refractivity contribution in [3.63, 3.8) is 0 Å². The van der Waals surface area contributed by atoms with E-state index in [9.17, 15) is 0 Å². The van der Waals surface area contributed by atoms with Gasteiger partial charge in [-0.25, -0.2) is 0 Å². The Morgan fingerprint density at radius 1 is 1.19 bits per heavy atom. The SMILES string of the molecule is CC(CCC1CCCC1)NC(C)C(C)CO. The Morgan fingerprint density at radius 3 is 2.38 bits per heavy atom. The third kappa shape index (κ3) is 4.84. The lowest BCUT2D eigenvalue weighted by molar-refractivity contribution is 0.200. The molecule has 2 N–H and O–H groups in total. The summed E-state index contributed by atoms with van der Waals surface area (Å²) in [5.41, 5.74) is 0. The molecule has 2 heteroatoms. The fourth-order valence-corrected chi connectivity index (χ4v) is 2.64. The van der Waals surface area contributed by atoms with Crippen molar-refractivity contribution < 1.29 is 5.11 Å². The molecule has 0 aromatic heterocycles. The second kappa shape index (κ2) is 7.29. The largest absolute Gasteiger partial charge is 0.396 e. The van der Waals surface area contributed by atoms with E-state index in [-0.39, 0.29) is 6.61 Å². The first-order chi connectivity index (χ1) is 7.63. The molecule has 0 aliphatic heterocycles. The second-order valence-corrected chi connectivity index (χ2v) is 5.74. The van der Waals surface area contributed by atoms with Crippen LogP contribution in [0.4, 0.5) is 0 Å². The molecular formula is C14H29NO. The molecule has 0 spiro atoms. The molecule has 96 valence electrons. The van der Waals surface area contributed by atoms with Crippen LogP contribution in [-0.4, -0.2) is 23.8 Å². The van der Waals surface area contributed by atoms with Crippen molar-refractivity contribution in [2.75, 3.05) is 6.61 Å². The molecule has 0 aromatic rings. The van der Waals surface area contributed by atoms with Gasteiger partial charge >= 0.3 is 0 Å². The maximum Gasteiger partial charge on any atom is 0.0471 e. The lowest BCUT2D eigenvalue weighted by atomic mass is 9.97. The van der Waals surface area contributed by atoms with Crippen LogP contribution in [0.1, 0.15) is 59.3 Å². The molecule has 16 heavy (non-hydrogen) atoms. The lowest BCUT2D eigenvalue weighted by Gasteiger charge is -2.24. The summed E-state index contributed by atoms with van der Waals surface area (Å²) in [4.78, 5) is 0. The standard InChI is InChI=1S/C14H29NO/c1-11(10-16)13(3)15-12(2)8-9-14-6-4-5-7-14/h11-16H,4-10H2,1-3H3. The van der Waals surface area contributed by atoms with Crippen LogP contribution in [0, 0.1) is 11.8 Å². The molecule has 0 heterocycles. The van der Waals surface area contributed by atoms with Crippen LogP contribution >= 0.6 is 0 Å². The van der Waals surface area contributed by atoms with Gasteiger partial charge in [0.25, 0.3) is 0 Å². The summed E-state index contributed by atoms with van der Waals surface area (Å²) in [5, 5.41) is 12.7. The quantitative estimate of drug-likeness (QED) is 0.701. The fourth-order valence-electron chi connectivity index (χ4n) is 2.64. The molecular weight excluding hydrogens is 198 g/mol. The number of hydrogen-bond donors (Lipinski definition) is 2. The van der Waals surface area contributed by atoms with E-state index in [0.717, 1.165) is 5.92 Å². The van der Waals surface area contributed by atoms with E-state index < -0.39 is 0 Å². The third-order valence-corrected chi connectivity index (χ3v) is 4.17. The van der Waals surface area contributed by atoms with E-state index in [2.05, 4.69) is 26.1 Å². The summed E-state index contributed by atoms with van der Waals surface area (Å²) < 4.78 is 0. The molecule has 1 saturated carbocycles. The van der Waals surface area contributed by atoms with Crippen LogP contribution in [0.25, 0.3) is 0 Å². The van der Waals surface area contributed by atoms with Gasteiger partial charge in [-0.1, -0.05) is 32.6 Å². The summed E-state index contributed by atoms with van der Waals surface area (Å²) in [6, 6.07) is 1.01. The average molecular weight is 227 g/mol. The second-order valence-electron chi connectivity index (χ2n) is 5.74. The van der Waals surface area contributed by atoms with Crippen molar-refractivity contribution in [2.45, 2.75) is 71.4 Å². The molecule has 1 rings (SSSR count). The Hall–Kier alpha value is -0.0800. The molecule has 0 saturated heterocycles. The molecule has 0 bridgehead atoms. The Morgan fingerprint density at radius 2 is 1.81 bits per heavy atom. The van der Waals surface area contributed by atoms with Crippen molar-refractivity contribution >= 4 is 0 Å². The van der Waals surface area contributed by atoms with Crippen LogP contribution in [-0.2, 0) is 0 Å². The van der Waals surface area contributed by atoms with E-state index in [1.807, 2.05) is 0 Å². The van der Waals surface area contributed by atoms with Gasteiger partial charge in [0, 0.05) is 18.7 Å². The minimum Gasteiger partial charge on any atom is -0.396 e. The van der Waals surface area contributed by atoms with Gasteiger partial charge in [-0.3, -0.25) is 0 Å².